The number of carbonyl (C=O) groups is 2. The number of anilines is 1. The Labute approximate surface area is 131 Å². The Morgan fingerprint density at radius 2 is 1.90 bits per heavy atom. The van der Waals surface area contributed by atoms with Crippen molar-refractivity contribution in [2.45, 2.75) is 13.3 Å². The third kappa shape index (κ3) is 2.39. The molecule has 1 saturated carbocycles. The molecule has 0 aliphatic heterocycles. The summed E-state index contributed by atoms with van der Waals surface area (Å²) in [6.45, 7) is 1.94. The number of benzene rings is 1. The molecule has 4 nitrogen and oxygen atoms in total. The molecule has 1 fully saturated rings. The van der Waals surface area contributed by atoms with Crippen molar-refractivity contribution in [2.24, 2.45) is 23.7 Å². The van der Waals surface area contributed by atoms with Gasteiger partial charge < -0.3 is 10.4 Å². The summed E-state index contributed by atoms with van der Waals surface area (Å²) in [5, 5.41) is 12.3. The monoisotopic (exact) mass is 349 g/mol. The predicted octanol–water partition coefficient (Wildman–Crippen LogP) is 3.22. The lowest BCUT2D eigenvalue weighted by atomic mass is 9.82. The van der Waals surface area contributed by atoms with Gasteiger partial charge in [0.15, 0.2) is 0 Å². The average molecular weight is 350 g/mol. The van der Waals surface area contributed by atoms with Gasteiger partial charge in [0.25, 0.3) is 0 Å². The molecule has 2 N–H and O–H groups in total. The van der Waals surface area contributed by atoms with Crippen molar-refractivity contribution < 1.29 is 14.7 Å². The number of carbonyl (C=O) groups excluding carboxylic acids is 1. The first-order valence-electron chi connectivity index (χ1n) is 6.96. The number of hydrogen-bond donors (Lipinski definition) is 2. The molecule has 3 rings (SSSR count). The molecular weight excluding hydrogens is 334 g/mol. The van der Waals surface area contributed by atoms with Crippen LogP contribution in [0.1, 0.15) is 12.0 Å². The van der Waals surface area contributed by atoms with E-state index in [4.69, 9.17) is 0 Å². The van der Waals surface area contributed by atoms with Crippen molar-refractivity contribution in [3.05, 3.63) is 40.4 Å². The van der Waals surface area contributed by atoms with Crippen molar-refractivity contribution in [3.8, 4) is 0 Å². The van der Waals surface area contributed by atoms with E-state index < -0.39 is 17.8 Å². The molecule has 1 aromatic carbocycles. The number of aliphatic carboxylic acids is 1. The largest absolute Gasteiger partial charge is 0.481 e. The van der Waals surface area contributed by atoms with Crippen LogP contribution in [-0.2, 0) is 9.59 Å². The smallest absolute Gasteiger partial charge is 0.307 e. The Bertz CT molecular complexity index is 640. The van der Waals surface area contributed by atoms with E-state index in [9.17, 15) is 14.7 Å². The van der Waals surface area contributed by atoms with Crippen molar-refractivity contribution in [3.63, 3.8) is 0 Å². The molecule has 1 amide bonds. The highest BCUT2D eigenvalue weighted by Gasteiger charge is 2.51. The maximum absolute atomic E-state index is 12.6. The van der Waals surface area contributed by atoms with Gasteiger partial charge in [0, 0.05) is 4.47 Å². The number of carboxylic acids is 1. The van der Waals surface area contributed by atoms with Gasteiger partial charge in [-0.05, 0) is 52.7 Å². The summed E-state index contributed by atoms with van der Waals surface area (Å²) in [5.74, 6) is -2.14. The van der Waals surface area contributed by atoms with Crippen LogP contribution >= 0.6 is 15.9 Å². The highest BCUT2D eigenvalue weighted by molar-refractivity contribution is 9.10. The van der Waals surface area contributed by atoms with Crippen LogP contribution in [0.3, 0.4) is 0 Å². The Morgan fingerprint density at radius 1 is 1.24 bits per heavy atom. The molecule has 21 heavy (non-hydrogen) atoms. The summed E-state index contributed by atoms with van der Waals surface area (Å²) in [5.41, 5.74) is 1.71. The van der Waals surface area contributed by atoms with Crippen LogP contribution in [0, 0.1) is 30.6 Å². The van der Waals surface area contributed by atoms with Crippen molar-refractivity contribution >= 4 is 33.5 Å². The molecule has 2 aliphatic rings. The van der Waals surface area contributed by atoms with E-state index in [0.717, 1.165) is 16.5 Å². The van der Waals surface area contributed by atoms with Crippen LogP contribution in [-0.4, -0.2) is 17.0 Å². The zero-order valence-electron chi connectivity index (χ0n) is 11.5. The van der Waals surface area contributed by atoms with Crippen LogP contribution in [0.15, 0.2) is 34.8 Å². The normalized spacial score (nSPS) is 29.6. The summed E-state index contributed by atoms with van der Waals surface area (Å²) in [7, 11) is 0. The van der Waals surface area contributed by atoms with Crippen LogP contribution in [0.2, 0.25) is 0 Å². The second-order valence-corrected chi connectivity index (χ2v) is 6.56. The minimum absolute atomic E-state index is 0.01000. The van der Waals surface area contributed by atoms with Gasteiger partial charge in [0.05, 0.1) is 17.5 Å². The third-order valence-electron chi connectivity index (χ3n) is 4.50. The van der Waals surface area contributed by atoms with Crippen LogP contribution in [0.4, 0.5) is 5.69 Å². The minimum Gasteiger partial charge on any atom is -0.481 e. The Balaban J connectivity index is 1.84. The van der Waals surface area contributed by atoms with E-state index >= 15 is 0 Å². The van der Waals surface area contributed by atoms with Crippen molar-refractivity contribution in [1.29, 1.82) is 0 Å². The summed E-state index contributed by atoms with van der Waals surface area (Å²) >= 11 is 3.46. The fourth-order valence-corrected chi connectivity index (χ4v) is 3.84. The number of rotatable bonds is 3. The van der Waals surface area contributed by atoms with Gasteiger partial charge in [-0.1, -0.05) is 24.3 Å². The SMILES string of the molecule is Cc1cccc(NC(=O)[C@H]2C3C=CC(C3)[C@H]2C(=O)O)c1Br. The van der Waals surface area contributed by atoms with E-state index in [1.807, 2.05) is 37.3 Å². The fraction of sp³-hybridized carbons (Fsp3) is 0.375. The Morgan fingerprint density at radius 3 is 2.57 bits per heavy atom. The first kappa shape index (κ1) is 14.3. The van der Waals surface area contributed by atoms with Gasteiger partial charge >= 0.3 is 5.97 Å². The first-order valence-corrected chi connectivity index (χ1v) is 7.75. The highest BCUT2D eigenvalue weighted by atomic mass is 79.9. The van der Waals surface area contributed by atoms with E-state index in [1.54, 1.807) is 0 Å². The van der Waals surface area contributed by atoms with Crippen LogP contribution in [0.5, 0.6) is 0 Å². The fourth-order valence-electron chi connectivity index (χ4n) is 3.48. The lowest BCUT2D eigenvalue weighted by Crippen LogP contribution is -2.36. The van der Waals surface area contributed by atoms with Gasteiger partial charge in [-0.25, -0.2) is 0 Å². The second-order valence-electron chi connectivity index (χ2n) is 5.76. The number of amides is 1. The molecule has 4 atom stereocenters. The molecular formula is C16H16BrNO3. The third-order valence-corrected chi connectivity index (χ3v) is 5.55. The molecule has 2 bridgehead atoms. The second kappa shape index (κ2) is 5.30. The summed E-state index contributed by atoms with van der Waals surface area (Å²) in [4.78, 5) is 24.0. The molecule has 110 valence electrons. The Hall–Kier alpha value is -1.62. The van der Waals surface area contributed by atoms with Gasteiger partial charge in [-0.3, -0.25) is 9.59 Å². The van der Waals surface area contributed by atoms with Crippen molar-refractivity contribution in [2.75, 3.05) is 5.32 Å². The lowest BCUT2D eigenvalue weighted by Gasteiger charge is -2.24. The summed E-state index contributed by atoms with van der Waals surface area (Å²) in [6.07, 6.45) is 4.69. The van der Waals surface area contributed by atoms with Gasteiger partial charge in [-0.2, -0.15) is 0 Å². The number of halogens is 1. The minimum atomic E-state index is -0.879. The molecule has 5 heteroatoms. The molecule has 2 aliphatic carbocycles. The molecule has 0 spiro atoms. The van der Waals surface area contributed by atoms with E-state index in [0.29, 0.717) is 5.69 Å². The standard InChI is InChI=1S/C16H16BrNO3/c1-8-3-2-4-11(14(8)17)18-15(19)12-9-5-6-10(7-9)13(12)16(20)21/h2-6,9-10,12-13H,7H2,1H3,(H,18,19)(H,20,21)/t9?,10?,12-,13+/m0/s1. The molecule has 1 aromatic rings. The molecule has 2 unspecified atom stereocenters. The van der Waals surface area contributed by atoms with Crippen LogP contribution in [0.25, 0.3) is 0 Å². The first-order chi connectivity index (χ1) is 9.99. The van der Waals surface area contributed by atoms with Crippen LogP contribution < -0.4 is 5.32 Å². The zero-order chi connectivity index (χ0) is 15.1. The number of fused-ring (bicyclic) bond motifs is 2. The van der Waals surface area contributed by atoms with E-state index in [2.05, 4.69) is 21.2 Å². The molecule has 0 saturated heterocycles. The van der Waals surface area contributed by atoms with Gasteiger partial charge in [-0.15, -0.1) is 0 Å². The lowest BCUT2D eigenvalue weighted by molar-refractivity contribution is -0.146. The number of carboxylic acid groups (broad SMARTS) is 1. The number of nitrogens with one attached hydrogen (secondary N) is 1. The highest BCUT2D eigenvalue weighted by Crippen LogP contribution is 2.48. The molecule has 0 radical (unpaired) electrons. The van der Waals surface area contributed by atoms with Crippen molar-refractivity contribution in [1.82, 2.24) is 0 Å². The van der Waals surface area contributed by atoms with E-state index in [-0.39, 0.29) is 17.7 Å². The molecule has 0 heterocycles. The number of hydrogen-bond acceptors (Lipinski definition) is 2. The van der Waals surface area contributed by atoms with E-state index in [1.165, 1.54) is 0 Å². The number of aryl methyl sites for hydroxylation is 1. The number of allylic oxidation sites excluding steroid dienone is 2. The average Bonchev–Trinajstić information content (AvgIpc) is 3.04. The quantitative estimate of drug-likeness (QED) is 0.823. The summed E-state index contributed by atoms with van der Waals surface area (Å²) < 4.78 is 0.837. The maximum atomic E-state index is 12.6. The topological polar surface area (TPSA) is 66.4 Å². The Kier molecular flexibility index (Phi) is 3.61. The molecule has 0 aromatic heterocycles. The maximum Gasteiger partial charge on any atom is 0.307 e. The summed E-state index contributed by atoms with van der Waals surface area (Å²) in [6, 6.07) is 5.62. The van der Waals surface area contributed by atoms with Gasteiger partial charge in [0.2, 0.25) is 5.91 Å². The zero-order valence-corrected chi connectivity index (χ0v) is 13.1. The predicted molar refractivity (Wildman–Crippen MR) is 82.9 cm³/mol. The van der Waals surface area contributed by atoms with Gasteiger partial charge in [0.1, 0.15) is 0 Å².